The molecule has 0 saturated carbocycles. The highest BCUT2D eigenvalue weighted by Crippen LogP contribution is 2.21. The van der Waals surface area contributed by atoms with Crippen molar-refractivity contribution in [3.63, 3.8) is 0 Å². The maximum Gasteiger partial charge on any atom is 0.257 e. The van der Waals surface area contributed by atoms with E-state index in [1.165, 1.54) is 141 Å². The zero-order chi connectivity index (χ0) is 23.3. The third-order valence-electron chi connectivity index (χ3n) is 7.40. The van der Waals surface area contributed by atoms with Crippen LogP contribution in [0.25, 0.3) is 0 Å². The van der Waals surface area contributed by atoms with Crippen LogP contribution in [0, 0.1) is 0 Å². The average molecular weight is 448 g/mol. The second kappa shape index (κ2) is 20.8. The van der Waals surface area contributed by atoms with Gasteiger partial charge in [-0.2, -0.15) is 0 Å². The summed E-state index contributed by atoms with van der Waals surface area (Å²) in [6.45, 7) is 9.39. The Morgan fingerprint density at radius 2 is 1.00 bits per heavy atom. The van der Waals surface area contributed by atoms with Gasteiger partial charge in [0.2, 0.25) is 0 Å². The van der Waals surface area contributed by atoms with Gasteiger partial charge in [0, 0.05) is 0 Å². The third kappa shape index (κ3) is 14.4. The fourth-order valence-corrected chi connectivity index (χ4v) is 5.10. The van der Waals surface area contributed by atoms with Crippen LogP contribution >= 0.6 is 0 Å². The van der Waals surface area contributed by atoms with E-state index < -0.39 is 0 Å². The summed E-state index contributed by atoms with van der Waals surface area (Å²) in [4.78, 5) is 3.54. The van der Waals surface area contributed by atoms with Crippen molar-refractivity contribution < 1.29 is 4.57 Å². The Bertz CT molecular complexity index is 507. The van der Waals surface area contributed by atoms with Gasteiger partial charge in [-0.1, -0.05) is 136 Å². The molecular formula is C30H59N2+. The van der Waals surface area contributed by atoms with Crippen LogP contribution in [0.2, 0.25) is 0 Å². The molecule has 0 bridgehead atoms. The number of hydrogen-bond donors (Lipinski definition) is 1. The average Bonchev–Trinajstić information content (AvgIpc) is 3.29. The number of nitrogens with one attached hydrogen (secondary N) is 1. The Labute approximate surface area is 202 Å². The number of H-pyrrole nitrogens is 1. The van der Waals surface area contributed by atoms with E-state index >= 15 is 0 Å². The van der Waals surface area contributed by atoms with Crippen LogP contribution in [0.1, 0.15) is 180 Å². The number of rotatable bonds is 23. The minimum Gasteiger partial charge on any atom is -0.247 e. The van der Waals surface area contributed by atoms with Crippen molar-refractivity contribution in [2.24, 2.45) is 0 Å². The highest BCUT2D eigenvalue weighted by atomic mass is 15.1. The van der Waals surface area contributed by atoms with Crippen molar-refractivity contribution in [2.75, 3.05) is 0 Å². The van der Waals surface area contributed by atoms with Crippen molar-refractivity contribution >= 4 is 0 Å². The van der Waals surface area contributed by atoms with Crippen LogP contribution in [0.4, 0.5) is 0 Å². The molecule has 1 rings (SSSR count). The zero-order valence-electron chi connectivity index (χ0n) is 22.6. The van der Waals surface area contributed by atoms with Crippen molar-refractivity contribution in [2.45, 2.75) is 174 Å². The van der Waals surface area contributed by atoms with Crippen molar-refractivity contribution in [3.05, 3.63) is 18.2 Å². The number of nitrogens with zero attached hydrogens (tertiary/aromatic N) is 1. The molecule has 0 fully saturated rings. The summed E-state index contributed by atoms with van der Waals surface area (Å²) >= 11 is 0. The van der Waals surface area contributed by atoms with Crippen molar-refractivity contribution in [1.82, 2.24) is 4.98 Å². The largest absolute Gasteiger partial charge is 0.257 e. The molecular weight excluding hydrogens is 388 g/mol. The summed E-state index contributed by atoms with van der Waals surface area (Å²) in [6, 6.07) is 0.621. The molecule has 0 saturated heterocycles. The Morgan fingerprint density at radius 1 is 0.594 bits per heavy atom. The first-order chi connectivity index (χ1) is 15.7. The van der Waals surface area contributed by atoms with E-state index in [0.29, 0.717) is 12.0 Å². The maximum atomic E-state index is 3.54. The van der Waals surface area contributed by atoms with Gasteiger partial charge in [-0.15, -0.1) is 0 Å². The molecule has 2 unspecified atom stereocenters. The summed E-state index contributed by atoms with van der Waals surface area (Å²) in [6.07, 6.45) is 34.2. The third-order valence-corrected chi connectivity index (χ3v) is 7.40. The van der Waals surface area contributed by atoms with Crippen LogP contribution in [-0.4, -0.2) is 4.98 Å². The van der Waals surface area contributed by atoms with E-state index in [9.17, 15) is 0 Å². The summed E-state index contributed by atoms with van der Waals surface area (Å²) < 4.78 is 2.51. The Morgan fingerprint density at radius 3 is 1.50 bits per heavy atom. The van der Waals surface area contributed by atoms with Gasteiger partial charge in [0.1, 0.15) is 12.4 Å². The Balaban J connectivity index is 1.96. The molecule has 0 amide bonds. The fourth-order valence-electron chi connectivity index (χ4n) is 5.10. The van der Waals surface area contributed by atoms with Gasteiger partial charge in [0.05, 0.1) is 12.0 Å². The molecule has 0 radical (unpaired) electrons. The van der Waals surface area contributed by atoms with E-state index in [0.717, 1.165) is 0 Å². The monoisotopic (exact) mass is 447 g/mol. The fraction of sp³-hybridized carbons (Fsp3) is 0.900. The highest BCUT2D eigenvalue weighted by Gasteiger charge is 2.21. The first kappa shape index (κ1) is 29.2. The van der Waals surface area contributed by atoms with E-state index in [-0.39, 0.29) is 0 Å². The lowest BCUT2D eigenvalue weighted by Gasteiger charge is -2.14. The number of aromatic amines is 1. The van der Waals surface area contributed by atoms with Gasteiger partial charge in [-0.3, -0.25) is 0 Å². The van der Waals surface area contributed by atoms with Crippen LogP contribution in [0.5, 0.6) is 0 Å². The van der Waals surface area contributed by atoms with Crippen molar-refractivity contribution in [3.8, 4) is 0 Å². The second-order valence-corrected chi connectivity index (χ2v) is 10.6. The normalized spacial score (nSPS) is 13.5. The second-order valence-electron chi connectivity index (χ2n) is 10.6. The first-order valence-corrected chi connectivity index (χ1v) is 14.8. The van der Waals surface area contributed by atoms with Crippen LogP contribution in [-0.2, 0) is 0 Å². The number of imidazole rings is 1. The smallest absolute Gasteiger partial charge is 0.247 e. The molecule has 0 aliphatic carbocycles. The van der Waals surface area contributed by atoms with Crippen molar-refractivity contribution in [1.29, 1.82) is 0 Å². The molecule has 1 N–H and O–H groups in total. The van der Waals surface area contributed by atoms with Gasteiger partial charge in [-0.25, -0.2) is 9.55 Å². The Kier molecular flexibility index (Phi) is 19.0. The predicted molar refractivity (Wildman–Crippen MR) is 142 cm³/mol. The molecule has 0 aliphatic heterocycles. The molecule has 1 aromatic rings. The number of unbranched alkanes of at least 4 members (excludes halogenated alkanes) is 17. The highest BCUT2D eigenvalue weighted by molar-refractivity contribution is 4.87. The molecule has 2 nitrogen and oxygen atoms in total. The standard InChI is InChI=1S/C30H58N2/c1-5-7-9-10-11-12-13-14-15-16-17-18-19-20-21-23-24-28(3)30-31-26-27-32(30)29(4)25-22-8-6-2/h26-29H,5-25H2,1-4H3/p+1. The minimum absolute atomic E-state index is 0.621. The molecule has 32 heavy (non-hydrogen) atoms. The van der Waals surface area contributed by atoms with Gasteiger partial charge < -0.3 is 0 Å². The van der Waals surface area contributed by atoms with Gasteiger partial charge in [-0.05, 0) is 26.2 Å². The first-order valence-electron chi connectivity index (χ1n) is 14.8. The van der Waals surface area contributed by atoms with Crippen LogP contribution in [0.3, 0.4) is 0 Å². The lowest BCUT2D eigenvalue weighted by Crippen LogP contribution is -2.40. The summed E-state index contributed by atoms with van der Waals surface area (Å²) in [7, 11) is 0. The molecule has 0 aliphatic rings. The molecule has 0 aromatic carbocycles. The zero-order valence-corrected chi connectivity index (χ0v) is 22.6. The van der Waals surface area contributed by atoms with Crippen LogP contribution in [0.15, 0.2) is 12.4 Å². The van der Waals surface area contributed by atoms with Gasteiger partial charge >= 0.3 is 0 Å². The van der Waals surface area contributed by atoms with E-state index in [2.05, 4.69) is 49.6 Å². The Hall–Kier alpha value is -0.790. The van der Waals surface area contributed by atoms with Gasteiger partial charge in [0.25, 0.3) is 5.82 Å². The number of aromatic nitrogens is 2. The quantitative estimate of drug-likeness (QED) is 0.127. The molecule has 2 atom stereocenters. The summed E-state index contributed by atoms with van der Waals surface area (Å²) in [5.41, 5.74) is 0. The van der Waals surface area contributed by atoms with Crippen LogP contribution < -0.4 is 4.57 Å². The molecule has 2 heteroatoms. The number of hydrogen-bond acceptors (Lipinski definition) is 0. The minimum atomic E-state index is 0.621. The van der Waals surface area contributed by atoms with E-state index in [4.69, 9.17) is 0 Å². The molecule has 1 aromatic heterocycles. The predicted octanol–water partition coefficient (Wildman–Crippen LogP) is 10.2. The molecule has 188 valence electrons. The SMILES string of the molecule is CCCCCCCCCCCCCCCCCCC(C)c1[nH]cc[n+]1C(C)CCCCC. The van der Waals surface area contributed by atoms with E-state index in [1.807, 2.05) is 0 Å². The summed E-state index contributed by atoms with van der Waals surface area (Å²) in [5.74, 6) is 2.08. The maximum absolute atomic E-state index is 3.54. The van der Waals surface area contributed by atoms with Gasteiger partial charge in [0.15, 0.2) is 0 Å². The summed E-state index contributed by atoms with van der Waals surface area (Å²) in [5, 5.41) is 0. The molecule has 0 spiro atoms. The lowest BCUT2D eigenvalue weighted by atomic mass is 10.00. The topological polar surface area (TPSA) is 19.7 Å². The molecule has 1 heterocycles. The van der Waals surface area contributed by atoms with E-state index in [1.54, 1.807) is 0 Å². The lowest BCUT2D eigenvalue weighted by molar-refractivity contribution is -0.727.